The van der Waals surface area contributed by atoms with E-state index in [2.05, 4.69) is 31.5 Å². The molecule has 0 aliphatic carbocycles. The molecule has 0 radical (unpaired) electrons. The first-order valence-electron chi connectivity index (χ1n) is 12.3. The van der Waals surface area contributed by atoms with E-state index in [0.717, 1.165) is 27.8 Å². The highest BCUT2D eigenvalue weighted by Crippen LogP contribution is 2.29. The molecule has 0 bridgehead atoms. The number of carbonyl (C=O) groups is 1. The molecule has 0 spiro atoms. The van der Waals surface area contributed by atoms with Gasteiger partial charge in [-0.15, -0.1) is 5.10 Å². The van der Waals surface area contributed by atoms with Gasteiger partial charge in [0.15, 0.2) is 5.82 Å². The third-order valence-electron chi connectivity index (χ3n) is 6.29. The first kappa shape index (κ1) is 26.0. The first-order valence-corrected chi connectivity index (χ1v) is 12.3. The molecule has 2 aromatic carbocycles. The Kier molecular flexibility index (Phi) is 8.29. The van der Waals surface area contributed by atoms with Gasteiger partial charge < -0.3 is 14.5 Å². The largest absolute Gasteiger partial charge is 0.496 e. The zero-order valence-corrected chi connectivity index (χ0v) is 21.6. The van der Waals surface area contributed by atoms with Gasteiger partial charge >= 0.3 is 5.97 Å². The molecule has 0 aliphatic rings. The Morgan fingerprint density at radius 2 is 1.89 bits per heavy atom. The lowest BCUT2D eigenvalue weighted by molar-refractivity contribution is -0.144. The summed E-state index contributed by atoms with van der Waals surface area (Å²) in [5.74, 6) is 0.860. The second-order valence-corrected chi connectivity index (χ2v) is 8.86. The number of tetrazole rings is 1. The number of H-pyrrole nitrogens is 1. The van der Waals surface area contributed by atoms with Crippen LogP contribution in [0.1, 0.15) is 48.8 Å². The molecule has 37 heavy (non-hydrogen) atoms. The van der Waals surface area contributed by atoms with Crippen LogP contribution in [-0.4, -0.2) is 49.8 Å². The summed E-state index contributed by atoms with van der Waals surface area (Å²) in [6.07, 6.45) is 0.642. The lowest BCUT2D eigenvalue weighted by Crippen LogP contribution is -2.33. The Labute approximate surface area is 215 Å². The number of nitrogens with one attached hydrogen (secondary N) is 1. The number of ether oxygens (including phenoxy) is 2. The summed E-state index contributed by atoms with van der Waals surface area (Å²) in [6, 6.07) is 15.4. The minimum atomic E-state index is -0.413. The number of para-hydroxylation sites is 1. The second-order valence-electron chi connectivity index (χ2n) is 8.86. The van der Waals surface area contributed by atoms with Gasteiger partial charge in [-0.05, 0) is 60.3 Å². The third kappa shape index (κ3) is 6.03. The molecule has 0 aliphatic heterocycles. The maximum Gasteiger partial charge on any atom is 0.327 e. The van der Waals surface area contributed by atoms with Crippen LogP contribution in [0.15, 0.2) is 53.3 Å². The molecule has 0 unspecified atom stereocenters. The molecule has 0 amide bonds. The highest BCUT2D eigenvalue weighted by molar-refractivity contribution is 5.79. The van der Waals surface area contributed by atoms with Crippen LogP contribution in [0.2, 0.25) is 0 Å². The van der Waals surface area contributed by atoms with E-state index in [0.29, 0.717) is 30.9 Å². The third-order valence-corrected chi connectivity index (χ3v) is 6.29. The summed E-state index contributed by atoms with van der Waals surface area (Å²) in [5, 5.41) is 13.1. The number of nitrogens with zero attached hydrogens (tertiary/aromatic N) is 5. The van der Waals surface area contributed by atoms with Crippen molar-refractivity contribution in [1.82, 2.24) is 30.1 Å². The lowest BCUT2D eigenvalue weighted by Gasteiger charge is -2.30. The number of fused-ring (bicyclic) bond motifs is 1. The van der Waals surface area contributed by atoms with Gasteiger partial charge in [0.2, 0.25) is 0 Å². The van der Waals surface area contributed by atoms with Gasteiger partial charge in [-0.2, -0.15) is 0 Å². The molecule has 10 nitrogen and oxygen atoms in total. The number of pyridine rings is 1. The van der Waals surface area contributed by atoms with Gasteiger partial charge in [-0.25, -0.2) is 4.68 Å². The topological polar surface area (TPSA) is 115 Å². The van der Waals surface area contributed by atoms with Gasteiger partial charge in [0.25, 0.3) is 5.56 Å². The Morgan fingerprint density at radius 3 is 2.65 bits per heavy atom. The number of aromatic amines is 1. The number of esters is 1. The normalized spacial score (nSPS) is 12.1. The molecular weight excluding hydrogens is 472 g/mol. The van der Waals surface area contributed by atoms with E-state index in [-0.39, 0.29) is 24.8 Å². The molecule has 10 heteroatoms. The summed E-state index contributed by atoms with van der Waals surface area (Å²) in [7, 11) is 1.64. The van der Waals surface area contributed by atoms with E-state index in [1.54, 1.807) is 14.0 Å². The average molecular weight is 505 g/mol. The molecule has 4 rings (SSSR count). The van der Waals surface area contributed by atoms with E-state index in [1.807, 2.05) is 56.3 Å². The van der Waals surface area contributed by atoms with Crippen LogP contribution >= 0.6 is 0 Å². The predicted molar refractivity (Wildman–Crippen MR) is 139 cm³/mol. The highest BCUT2D eigenvalue weighted by Gasteiger charge is 2.27. The standard InChI is InChI=1S/C27H32N6O4/c1-5-23(26-29-30-31-33(26)17-25(34)37-6-2)32(15-19-9-7-8-10-24(19)36-4)16-21-14-20-13-18(3)11-12-22(20)28-27(21)35/h7-14,23H,5-6,15-17H2,1-4H3,(H,28,35)/t23-/m1/s1. The van der Waals surface area contributed by atoms with Crippen molar-refractivity contribution in [1.29, 1.82) is 0 Å². The van der Waals surface area contributed by atoms with Crippen molar-refractivity contribution in [3.8, 4) is 5.75 Å². The second kappa shape index (κ2) is 11.8. The number of benzene rings is 2. The monoisotopic (exact) mass is 504 g/mol. The van der Waals surface area contributed by atoms with E-state index in [9.17, 15) is 9.59 Å². The minimum Gasteiger partial charge on any atom is -0.496 e. The number of hydrogen-bond acceptors (Lipinski definition) is 8. The fraction of sp³-hybridized carbons (Fsp3) is 0.370. The molecule has 0 fully saturated rings. The van der Waals surface area contributed by atoms with Crippen LogP contribution < -0.4 is 10.3 Å². The smallest absolute Gasteiger partial charge is 0.327 e. The molecule has 2 aromatic heterocycles. The molecule has 1 atom stereocenters. The van der Waals surface area contributed by atoms with Crippen molar-refractivity contribution in [3.63, 3.8) is 0 Å². The number of aryl methyl sites for hydroxylation is 1. The van der Waals surface area contributed by atoms with Gasteiger partial charge in [0.05, 0.1) is 19.8 Å². The molecular formula is C27H32N6O4. The molecule has 0 saturated carbocycles. The van der Waals surface area contributed by atoms with Crippen molar-refractivity contribution in [3.05, 3.63) is 81.4 Å². The molecule has 4 aromatic rings. The summed E-state index contributed by atoms with van der Waals surface area (Å²) >= 11 is 0. The highest BCUT2D eigenvalue weighted by atomic mass is 16.5. The zero-order chi connectivity index (χ0) is 26.4. The lowest BCUT2D eigenvalue weighted by atomic mass is 10.1. The molecule has 0 saturated heterocycles. The SMILES string of the molecule is CCOC(=O)Cn1nnnc1[C@@H](CC)N(Cc1ccccc1OC)Cc1cc2cc(C)ccc2[nH]c1=O. The van der Waals surface area contributed by atoms with Crippen molar-refractivity contribution in [2.75, 3.05) is 13.7 Å². The Bertz CT molecular complexity index is 1430. The Morgan fingerprint density at radius 1 is 1.11 bits per heavy atom. The van der Waals surface area contributed by atoms with Crippen molar-refractivity contribution < 1.29 is 14.3 Å². The van der Waals surface area contributed by atoms with E-state index in [4.69, 9.17) is 9.47 Å². The predicted octanol–water partition coefficient (Wildman–Crippen LogP) is 3.55. The summed E-state index contributed by atoms with van der Waals surface area (Å²) in [4.78, 5) is 30.4. The fourth-order valence-electron chi connectivity index (χ4n) is 4.53. The van der Waals surface area contributed by atoms with Gasteiger partial charge in [0, 0.05) is 29.7 Å². The van der Waals surface area contributed by atoms with Crippen molar-refractivity contribution in [2.45, 2.75) is 52.9 Å². The van der Waals surface area contributed by atoms with Crippen molar-refractivity contribution >= 4 is 16.9 Å². The zero-order valence-electron chi connectivity index (χ0n) is 21.6. The summed E-state index contributed by atoms with van der Waals surface area (Å²) < 4.78 is 12.2. The molecule has 2 heterocycles. The maximum absolute atomic E-state index is 13.1. The number of methoxy groups -OCH3 is 1. The van der Waals surface area contributed by atoms with Crippen LogP contribution in [0, 0.1) is 6.92 Å². The summed E-state index contributed by atoms with van der Waals surface area (Å²) in [5.41, 5.74) is 3.33. The number of rotatable bonds is 11. The number of carbonyl (C=O) groups excluding carboxylic acids is 1. The van der Waals surface area contributed by atoms with Gasteiger partial charge in [-0.1, -0.05) is 36.8 Å². The first-order chi connectivity index (χ1) is 17.9. The Balaban J connectivity index is 1.75. The van der Waals surface area contributed by atoms with E-state index < -0.39 is 5.97 Å². The van der Waals surface area contributed by atoms with Crippen LogP contribution in [0.4, 0.5) is 0 Å². The summed E-state index contributed by atoms with van der Waals surface area (Å²) in [6.45, 7) is 6.79. The van der Waals surface area contributed by atoms with Crippen molar-refractivity contribution in [2.24, 2.45) is 0 Å². The molecule has 194 valence electrons. The van der Waals surface area contributed by atoms with Gasteiger partial charge in [0.1, 0.15) is 12.3 Å². The van der Waals surface area contributed by atoms with E-state index in [1.165, 1.54) is 4.68 Å². The average Bonchev–Trinajstić information content (AvgIpc) is 3.33. The number of aromatic nitrogens is 5. The fourth-order valence-corrected chi connectivity index (χ4v) is 4.53. The quantitative estimate of drug-likeness (QED) is 0.308. The Hall–Kier alpha value is -4.05. The number of hydrogen-bond donors (Lipinski definition) is 1. The van der Waals surface area contributed by atoms with Crippen LogP contribution in [0.3, 0.4) is 0 Å². The van der Waals surface area contributed by atoms with Crippen LogP contribution in [-0.2, 0) is 29.2 Å². The van der Waals surface area contributed by atoms with Crippen LogP contribution in [0.25, 0.3) is 10.9 Å². The minimum absolute atomic E-state index is 0.0923. The van der Waals surface area contributed by atoms with E-state index >= 15 is 0 Å². The molecule has 1 N–H and O–H groups in total. The van der Waals surface area contributed by atoms with Crippen LogP contribution in [0.5, 0.6) is 5.75 Å². The van der Waals surface area contributed by atoms with Gasteiger partial charge in [-0.3, -0.25) is 14.5 Å². The maximum atomic E-state index is 13.1.